The average molecular weight is 418 g/mol. The lowest BCUT2D eigenvalue weighted by Crippen LogP contribution is -2.09. The van der Waals surface area contributed by atoms with Crippen LogP contribution in [0.2, 0.25) is 0 Å². The molecule has 0 spiro atoms. The Labute approximate surface area is 188 Å². The second kappa shape index (κ2) is 10.1. The van der Waals surface area contributed by atoms with Gasteiger partial charge in [0.15, 0.2) is 0 Å². The smallest absolute Gasteiger partial charge is 0.335 e. The van der Waals surface area contributed by atoms with E-state index in [-0.39, 0.29) is 0 Å². The van der Waals surface area contributed by atoms with E-state index in [1.54, 1.807) is 12.1 Å². The molecule has 0 heterocycles. The Bertz CT molecular complexity index is 1160. The van der Waals surface area contributed by atoms with E-state index in [1.165, 1.54) is 0 Å². The zero-order valence-corrected chi connectivity index (χ0v) is 17.6. The molecule has 0 aliphatic heterocycles. The number of esters is 1. The summed E-state index contributed by atoms with van der Waals surface area (Å²) in [7, 11) is 0. The van der Waals surface area contributed by atoms with Crippen molar-refractivity contribution < 1.29 is 9.53 Å². The molecule has 0 unspecified atom stereocenters. The molecule has 4 aromatic carbocycles. The monoisotopic (exact) mass is 417 g/mol. The van der Waals surface area contributed by atoms with Crippen molar-refractivity contribution in [2.24, 2.45) is 0 Å². The fourth-order valence-corrected chi connectivity index (χ4v) is 3.33. The van der Waals surface area contributed by atoms with Gasteiger partial charge in [-0.15, -0.1) is 0 Å². The Morgan fingerprint density at radius 2 is 1.06 bits per heavy atom. The molecule has 0 aromatic heterocycles. The van der Waals surface area contributed by atoms with Crippen LogP contribution >= 0.6 is 0 Å². The average Bonchev–Trinajstić information content (AvgIpc) is 2.86. The van der Waals surface area contributed by atoms with Gasteiger partial charge in [0.05, 0.1) is 0 Å². The summed E-state index contributed by atoms with van der Waals surface area (Å²) in [6.45, 7) is 3.40. The molecule has 4 rings (SSSR count). The Balaban J connectivity index is 1.53. The highest BCUT2D eigenvalue weighted by Gasteiger charge is 2.11. The van der Waals surface area contributed by atoms with Crippen LogP contribution in [0.3, 0.4) is 0 Å². The van der Waals surface area contributed by atoms with Gasteiger partial charge < -0.3 is 9.64 Å². The molecule has 0 fully saturated rings. The van der Waals surface area contributed by atoms with Crippen LogP contribution in [0.1, 0.15) is 11.1 Å². The largest absolute Gasteiger partial charge is 0.423 e. The lowest BCUT2D eigenvalue weighted by molar-refractivity contribution is -0.128. The normalized spacial score (nSPS) is 10.6. The molecule has 0 N–H and O–H groups in total. The molecule has 0 radical (unpaired) electrons. The van der Waals surface area contributed by atoms with Crippen molar-refractivity contribution in [2.75, 3.05) is 4.90 Å². The van der Waals surface area contributed by atoms with Gasteiger partial charge in [0, 0.05) is 23.1 Å². The Morgan fingerprint density at radius 1 is 0.625 bits per heavy atom. The standard InChI is InChI=1S/C29H23NO2/c1-2-29(31)32-28-21-17-24(18-22-28)14-13-23-15-19-27(20-16-23)30(25-9-5-3-6-10-25)26-11-7-4-8-12-26/h2-22H,1H2/b14-13+. The van der Waals surface area contributed by atoms with Crippen LogP contribution < -0.4 is 9.64 Å². The predicted octanol–water partition coefficient (Wildman–Crippen LogP) is 7.42. The summed E-state index contributed by atoms with van der Waals surface area (Å²) >= 11 is 0. The second-order valence-electron chi connectivity index (χ2n) is 7.13. The Morgan fingerprint density at radius 3 is 1.53 bits per heavy atom. The van der Waals surface area contributed by atoms with Gasteiger partial charge in [-0.3, -0.25) is 0 Å². The lowest BCUT2D eigenvalue weighted by Gasteiger charge is -2.25. The molecular formula is C29H23NO2. The minimum atomic E-state index is -0.464. The highest BCUT2D eigenvalue weighted by molar-refractivity contribution is 5.83. The van der Waals surface area contributed by atoms with Gasteiger partial charge in [0.1, 0.15) is 5.75 Å². The van der Waals surface area contributed by atoms with E-state index >= 15 is 0 Å². The van der Waals surface area contributed by atoms with Crippen LogP contribution in [0.4, 0.5) is 17.1 Å². The summed E-state index contributed by atoms with van der Waals surface area (Å²) in [6.07, 6.45) is 5.23. The molecule has 0 saturated heterocycles. The molecule has 3 heteroatoms. The number of carbonyl (C=O) groups excluding carboxylic acids is 1. The first-order valence-electron chi connectivity index (χ1n) is 10.4. The van der Waals surface area contributed by atoms with E-state index in [0.717, 1.165) is 34.3 Å². The molecule has 0 aliphatic carbocycles. The van der Waals surface area contributed by atoms with Gasteiger partial charge in [0.25, 0.3) is 0 Å². The molecule has 0 aliphatic rings. The maximum absolute atomic E-state index is 11.3. The fraction of sp³-hybridized carbons (Fsp3) is 0. The van der Waals surface area contributed by atoms with Crippen LogP contribution in [0.15, 0.2) is 122 Å². The number of hydrogen-bond donors (Lipinski definition) is 0. The Kier molecular flexibility index (Phi) is 6.59. The summed E-state index contributed by atoms with van der Waals surface area (Å²) in [5.41, 5.74) is 5.42. The first kappa shape index (κ1) is 20.9. The van der Waals surface area contributed by atoms with Crippen molar-refractivity contribution in [1.29, 1.82) is 0 Å². The van der Waals surface area contributed by atoms with Gasteiger partial charge in [-0.2, -0.15) is 0 Å². The first-order valence-corrected chi connectivity index (χ1v) is 10.4. The number of para-hydroxylation sites is 2. The van der Waals surface area contributed by atoms with E-state index in [9.17, 15) is 4.79 Å². The van der Waals surface area contributed by atoms with Crippen molar-refractivity contribution in [3.05, 3.63) is 133 Å². The summed E-state index contributed by atoms with van der Waals surface area (Å²) in [5, 5.41) is 0. The molecular weight excluding hydrogens is 394 g/mol. The minimum Gasteiger partial charge on any atom is -0.423 e. The highest BCUT2D eigenvalue weighted by Crippen LogP contribution is 2.34. The third kappa shape index (κ3) is 5.21. The van der Waals surface area contributed by atoms with Gasteiger partial charge in [-0.25, -0.2) is 4.79 Å². The summed E-state index contributed by atoms with van der Waals surface area (Å²) in [6, 6.07) is 36.5. The molecule has 0 atom stereocenters. The van der Waals surface area contributed by atoms with Crippen LogP contribution in [0.25, 0.3) is 12.2 Å². The second-order valence-corrected chi connectivity index (χ2v) is 7.13. The molecule has 156 valence electrons. The van der Waals surface area contributed by atoms with Crippen LogP contribution in [0.5, 0.6) is 5.75 Å². The van der Waals surface area contributed by atoms with E-state index in [1.807, 2.05) is 54.6 Å². The minimum absolute atomic E-state index is 0.464. The van der Waals surface area contributed by atoms with Crippen molar-refractivity contribution in [3.8, 4) is 5.75 Å². The summed E-state index contributed by atoms with van der Waals surface area (Å²) in [5.74, 6) is 0.0340. The fourth-order valence-electron chi connectivity index (χ4n) is 3.33. The first-order chi connectivity index (χ1) is 15.7. The third-order valence-corrected chi connectivity index (χ3v) is 4.91. The Hall–Kier alpha value is -4.37. The van der Waals surface area contributed by atoms with Gasteiger partial charge >= 0.3 is 5.97 Å². The van der Waals surface area contributed by atoms with Crippen molar-refractivity contribution in [2.45, 2.75) is 0 Å². The van der Waals surface area contributed by atoms with Crippen LogP contribution in [-0.4, -0.2) is 5.97 Å². The number of hydrogen-bond acceptors (Lipinski definition) is 3. The third-order valence-electron chi connectivity index (χ3n) is 4.91. The zero-order chi connectivity index (χ0) is 22.2. The van der Waals surface area contributed by atoms with Crippen molar-refractivity contribution in [3.63, 3.8) is 0 Å². The van der Waals surface area contributed by atoms with E-state index < -0.39 is 5.97 Å². The number of ether oxygens (including phenoxy) is 1. The van der Waals surface area contributed by atoms with Crippen molar-refractivity contribution in [1.82, 2.24) is 0 Å². The predicted molar refractivity (Wildman–Crippen MR) is 132 cm³/mol. The molecule has 0 bridgehead atoms. The van der Waals surface area contributed by atoms with Gasteiger partial charge in [0.2, 0.25) is 0 Å². The lowest BCUT2D eigenvalue weighted by atomic mass is 10.1. The van der Waals surface area contributed by atoms with Crippen molar-refractivity contribution >= 4 is 35.2 Å². The SMILES string of the molecule is C=CC(=O)Oc1ccc(/C=C/c2ccc(N(c3ccccc3)c3ccccc3)cc2)cc1. The number of benzene rings is 4. The van der Waals surface area contributed by atoms with Gasteiger partial charge in [-0.1, -0.05) is 79.4 Å². The van der Waals surface area contributed by atoms with E-state index in [4.69, 9.17) is 4.74 Å². The quantitative estimate of drug-likeness (QED) is 0.136. The van der Waals surface area contributed by atoms with E-state index in [2.05, 4.69) is 66.1 Å². The molecule has 0 saturated carbocycles. The van der Waals surface area contributed by atoms with Gasteiger partial charge in [-0.05, 0) is 59.7 Å². The highest BCUT2D eigenvalue weighted by atomic mass is 16.5. The van der Waals surface area contributed by atoms with E-state index in [0.29, 0.717) is 5.75 Å². The topological polar surface area (TPSA) is 29.5 Å². The van der Waals surface area contributed by atoms with Crippen LogP contribution in [0, 0.1) is 0 Å². The molecule has 0 amide bonds. The number of carbonyl (C=O) groups is 1. The maximum Gasteiger partial charge on any atom is 0.335 e. The van der Waals surface area contributed by atoms with Crippen LogP contribution in [-0.2, 0) is 4.79 Å². The number of rotatable bonds is 7. The molecule has 3 nitrogen and oxygen atoms in total. The molecule has 32 heavy (non-hydrogen) atoms. The molecule has 4 aromatic rings. The number of nitrogens with zero attached hydrogens (tertiary/aromatic N) is 1. The summed E-state index contributed by atoms with van der Waals surface area (Å²) in [4.78, 5) is 13.5. The number of anilines is 3. The zero-order valence-electron chi connectivity index (χ0n) is 17.6. The maximum atomic E-state index is 11.3. The summed E-state index contributed by atoms with van der Waals surface area (Å²) < 4.78 is 5.10.